The molecule has 1 amide bonds. The van der Waals surface area contributed by atoms with E-state index in [1.807, 2.05) is 6.92 Å². The number of hydrogen-bond donors (Lipinski definition) is 2. The minimum absolute atomic E-state index is 0.0149. The molecule has 1 atom stereocenters. The number of anilines is 1. The van der Waals surface area contributed by atoms with Crippen LogP contribution in [0.5, 0.6) is 0 Å². The molecule has 1 aliphatic heterocycles. The molecule has 1 fully saturated rings. The first-order valence-corrected chi connectivity index (χ1v) is 9.19. The van der Waals surface area contributed by atoms with Crippen molar-refractivity contribution in [2.24, 2.45) is 0 Å². The highest BCUT2D eigenvalue weighted by atomic mass is 32.2. The molecule has 0 bridgehead atoms. The van der Waals surface area contributed by atoms with Crippen LogP contribution in [-0.4, -0.2) is 44.3 Å². The van der Waals surface area contributed by atoms with Gasteiger partial charge in [0.05, 0.1) is 4.90 Å². The van der Waals surface area contributed by atoms with E-state index in [9.17, 15) is 13.2 Å². The van der Waals surface area contributed by atoms with Crippen LogP contribution in [0, 0.1) is 0 Å². The van der Waals surface area contributed by atoms with Gasteiger partial charge >= 0.3 is 0 Å². The number of sulfonamides is 1. The monoisotopic (exact) mass is 337 g/mol. The van der Waals surface area contributed by atoms with Crippen LogP contribution >= 0.6 is 0 Å². The Morgan fingerprint density at radius 1 is 1.43 bits per heavy atom. The first-order valence-electron chi connectivity index (χ1n) is 7.75. The topological polar surface area (TPSA) is 78.5 Å². The molecule has 1 heterocycles. The van der Waals surface area contributed by atoms with Crippen molar-refractivity contribution in [3.8, 4) is 0 Å². The zero-order valence-corrected chi connectivity index (χ0v) is 14.1. The first kappa shape index (κ1) is 17.7. The van der Waals surface area contributed by atoms with Crippen LogP contribution in [0.3, 0.4) is 0 Å². The minimum Gasteiger partial charge on any atom is -0.323 e. The molecular formula is C16H23N3O3S. The maximum absolute atomic E-state index is 12.8. The van der Waals surface area contributed by atoms with E-state index in [1.165, 1.54) is 18.2 Å². The summed E-state index contributed by atoms with van der Waals surface area (Å²) in [6.45, 7) is 7.28. The summed E-state index contributed by atoms with van der Waals surface area (Å²) < 4.78 is 27.2. The zero-order valence-electron chi connectivity index (χ0n) is 13.3. The van der Waals surface area contributed by atoms with E-state index in [-0.39, 0.29) is 16.8 Å². The Hall–Kier alpha value is -1.70. The van der Waals surface area contributed by atoms with Gasteiger partial charge in [-0.05, 0) is 49.7 Å². The van der Waals surface area contributed by atoms with Gasteiger partial charge in [-0.15, -0.1) is 0 Å². The Bertz CT molecular complexity index is 650. The molecule has 0 saturated carbocycles. The van der Waals surface area contributed by atoms with Gasteiger partial charge in [-0.1, -0.05) is 13.5 Å². The largest absolute Gasteiger partial charge is 0.323 e. The fourth-order valence-electron chi connectivity index (χ4n) is 2.74. The molecule has 0 radical (unpaired) electrons. The second-order valence-corrected chi connectivity index (χ2v) is 7.32. The number of nitrogens with zero attached hydrogens (tertiary/aromatic N) is 1. The van der Waals surface area contributed by atoms with E-state index in [0.717, 1.165) is 19.4 Å². The number of likely N-dealkylation sites (N-methyl/N-ethyl adjacent to an activating group) is 1. The van der Waals surface area contributed by atoms with E-state index >= 15 is 0 Å². The first-order chi connectivity index (χ1) is 11.0. The van der Waals surface area contributed by atoms with Crippen molar-refractivity contribution in [3.63, 3.8) is 0 Å². The summed E-state index contributed by atoms with van der Waals surface area (Å²) in [6.07, 6.45) is 3.01. The van der Waals surface area contributed by atoms with Gasteiger partial charge < -0.3 is 10.6 Å². The van der Waals surface area contributed by atoms with Crippen LogP contribution in [0.15, 0.2) is 41.8 Å². The molecule has 6 nitrogen and oxygen atoms in total. The number of amides is 1. The quantitative estimate of drug-likeness (QED) is 0.773. The molecule has 2 rings (SSSR count). The standard InChI is InChI=1S/C16H23N3O3S/c1-3-16(20)18-13-7-9-15(10-8-13)23(21,22)19(4-2)14-6-5-11-17-12-14/h3,7-10,14,17H,1,4-6,11-12H2,2H3,(H,18,20). The van der Waals surface area contributed by atoms with Crippen LogP contribution in [0.1, 0.15) is 19.8 Å². The second-order valence-electron chi connectivity index (χ2n) is 5.43. The molecule has 1 unspecified atom stereocenters. The van der Waals surface area contributed by atoms with Gasteiger partial charge in [-0.25, -0.2) is 8.42 Å². The highest BCUT2D eigenvalue weighted by Crippen LogP contribution is 2.22. The lowest BCUT2D eigenvalue weighted by molar-refractivity contribution is -0.111. The number of carbonyl (C=O) groups excluding carboxylic acids is 1. The van der Waals surface area contributed by atoms with Crippen molar-refractivity contribution in [2.45, 2.75) is 30.7 Å². The number of hydrogen-bond acceptors (Lipinski definition) is 4. The molecule has 0 aromatic heterocycles. The van der Waals surface area contributed by atoms with Gasteiger partial charge in [0.2, 0.25) is 15.9 Å². The number of carbonyl (C=O) groups is 1. The summed E-state index contributed by atoms with van der Waals surface area (Å²) >= 11 is 0. The third-order valence-electron chi connectivity index (χ3n) is 3.90. The van der Waals surface area contributed by atoms with Gasteiger partial charge in [0.25, 0.3) is 0 Å². The summed E-state index contributed by atoms with van der Waals surface area (Å²) in [4.78, 5) is 11.5. The lowest BCUT2D eigenvalue weighted by atomic mass is 10.1. The molecule has 2 N–H and O–H groups in total. The molecule has 1 aliphatic rings. The molecule has 0 spiro atoms. The maximum Gasteiger partial charge on any atom is 0.247 e. The van der Waals surface area contributed by atoms with Crippen LogP contribution in [0.25, 0.3) is 0 Å². The van der Waals surface area contributed by atoms with Gasteiger partial charge in [0, 0.05) is 24.8 Å². The molecule has 1 saturated heterocycles. The van der Waals surface area contributed by atoms with Crippen molar-refractivity contribution in [1.82, 2.24) is 9.62 Å². The molecule has 7 heteroatoms. The highest BCUT2D eigenvalue weighted by molar-refractivity contribution is 7.89. The lowest BCUT2D eigenvalue weighted by Gasteiger charge is -2.33. The summed E-state index contributed by atoms with van der Waals surface area (Å²) in [5.74, 6) is -0.330. The average Bonchev–Trinajstić information content (AvgIpc) is 2.56. The van der Waals surface area contributed by atoms with Gasteiger partial charge in [-0.2, -0.15) is 4.31 Å². The Morgan fingerprint density at radius 3 is 2.65 bits per heavy atom. The van der Waals surface area contributed by atoms with Crippen molar-refractivity contribution >= 4 is 21.6 Å². The fraction of sp³-hybridized carbons (Fsp3) is 0.438. The number of piperidine rings is 1. The summed E-state index contributed by atoms with van der Waals surface area (Å²) in [5.41, 5.74) is 0.538. The number of rotatable bonds is 6. The minimum atomic E-state index is -3.54. The van der Waals surface area contributed by atoms with Crippen molar-refractivity contribution in [3.05, 3.63) is 36.9 Å². The third-order valence-corrected chi connectivity index (χ3v) is 5.95. The molecule has 0 aliphatic carbocycles. The highest BCUT2D eigenvalue weighted by Gasteiger charge is 2.30. The van der Waals surface area contributed by atoms with Gasteiger partial charge in [0.1, 0.15) is 0 Å². The third kappa shape index (κ3) is 4.19. The van der Waals surface area contributed by atoms with E-state index in [1.54, 1.807) is 16.4 Å². The maximum atomic E-state index is 12.8. The van der Waals surface area contributed by atoms with Crippen LogP contribution in [0.4, 0.5) is 5.69 Å². The Labute approximate surface area is 137 Å². The lowest BCUT2D eigenvalue weighted by Crippen LogP contribution is -2.48. The fourth-order valence-corrected chi connectivity index (χ4v) is 4.41. The van der Waals surface area contributed by atoms with Crippen molar-refractivity contribution in [2.75, 3.05) is 25.0 Å². The smallest absolute Gasteiger partial charge is 0.247 e. The van der Waals surface area contributed by atoms with Crippen LogP contribution in [0.2, 0.25) is 0 Å². The molecular weight excluding hydrogens is 314 g/mol. The predicted molar refractivity (Wildman–Crippen MR) is 90.7 cm³/mol. The molecule has 126 valence electrons. The van der Waals surface area contributed by atoms with E-state index in [4.69, 9.17) is 0 Å². The summed E-state index contributed by atoms with van der Waals surface area (Å²) in [7, 11) is -3.54. The normalized spacial score (nSPS) is 18.6. The van der Waals surface area contributed by atoms with E-state index < -0.39 is 10.0 Å². The van der Waals surface area contributed by atoms with Crippen LogP contribution in [-0.2, 0) is 14.8 Å². The molecule has 23 heavy (non-hydrogen) atoms. The Kier molecular flexibility index (Phi) is 5.92. The molecule has 1 aromatic carbocycles. The van der Waals surface area contributed by atoms with Gasteiger partial charge in [0.15, 0.2) is 0 Å². The van der Waals surface area contributed by atoms with Crippen molar-refractivity contribution < 1.29 is 13.2 Å². The predicted octanol–water partition coefficient (Wildman–Crippen LogP) is 1.57. The summed E-state index contributed by atoms with van der Waals surface area (Å²) in [6, 6.07) is 6.20. The van der Waals surface area contributed by atoms with Crippen LogP contribution < -0.4 is 10.6 Å². The zero-order chi connectivity index (χ0) is 16.9. The van der Waals surface area contributed by atoms with Gasteiger partial charge in [-0.3, -0.25) is 4.79 Å². The molecule has 1 aromatic rings. The Morgan fingerprint density at radius 2 is 2.13 bits per heavy atom. The number of benzene rings is 1. The van der Waals surface area contributed by atoms with Crippen molar-refractivity contribution in [1.29, 1.82) is 0 Å². The summed E-state index contributed by atoms with van der Waals surface area (Å²) in [5, 5.41) is 5.85. The van der Waals surface area contributed by atoms with E-state index in [0.29, 0.717) is 18.8 Å². The average molecular weight is 337 g/mol. The Balaban J connectivity index is 2.20. The second kappa shape index (κ2) is 7.72. The number of nitrogens with one attached hydrogen (secondary N) is 2. The van der Waals surface area contributed by atoms with E-state index in [2.05, 4.69) is 17.2 Å². The SMILES string of the molecule is C=CC(=O)Nc1ccc(S(=O)(=O)N(CC)C2CCCNC2)cc1.